The minimum atomic E-state index is 0. The van der Waals surface area contributed by atoms with Crippen LogP contribution in [-0.2, 0) is 14.3 Å². The van der Waals surface area contributed by atoms with Crippen LogP contribution in [0.15, 0.2) is 4.99 Å². The first-order valence-corrected chi connectivity index (χ1v) is 10.2. The third-order valence-corrected chi connectivity index (χ3v) is 4.57. The molecule has 1 saturated carbocycles. The van der Waals surface area contributed by atoms with E-state index in [-0.39, 0.29) is 29.9 Å². The van der Waals surface area contributed by atoms with E-state index in [1.165, 1.54) is 0 Å². The molecule has 158 valence electrons. The minimum Gasteiger partial charge on any atom is -0.381 e. The number of aliphatic imine (C=N–C) groups is 1. The molecule has 0 aromatic carbocycles. The number of ether oxygens (including phenoxy) is 2. The number of rotatable bonds is 12. The van der Waals surface area contributed by atoms with E-state index < -0.39 is 0 Å². The van der Waals surface area contributed by atoms with E-state index in [1.54, 1.807) is 0 Å². The molecular formula is C19H37IN4O3. The van der Waals surface area contributed by atoms with Gasteiger partial charge in [-0.3, -0.25) is 9.79 Å². The Hall–Kier alpha value is -0.610. The molecule has 0 radical (unpaired) electrons. The second-order valence-electron chi connectivity index (χ2n) is 7.12. The van der Waals surface area contributed by atoms with Crippen molar-refractivity contribution in [1.29, 1.82) is 0 Å². The van der Waals surface area contributed by atoms with Crippen LogP contribution in [-0.4, -0.2) is 64.0 Å². The van der Waals surface area contributed by atoms with Crippen molar-refractivity contribution >= 4 is 35.8 Å². The molecule has 0 atom stereocenters. The number of hydrogen-bond donors (Lipinski definition) is 3. The SMILES string of the molecule is CCNC(=NCCCC(=O)NC1CC1)NCCCOCC1CCOCC1.I. The number of carbonyl (C=O) groups excluding carboxylic acids is 1. The highest BCUT2D eigenvalue weighted by atomic mass is 127. The van der Waals surface area contributed by atoms with Crippen molar-refractivity contribution in [2.24, 2.45) is 10.9 Å². The van der Waals surface area contributed by atoms with Gasteiger partial charge in [0.1, 0.15) is 0 Å². The third-order valence-electron chi connectivity index (χ3n) is 4.57. The molecule has 0 aromatic rings. The Bertz CT molecular complexity index is 427. The molecule has 2 rings (SSSR count). The van der Waals surface area contributed by atoms with Crippen molar-refractivity contribution in [1.82, 2.24) is 16.0 Å². The molecule has 1 aliphatic carbocycles. The number of halogens is 1. The Morgan fingerprint density at radius 2 is 1.93 bits per heavy atom. The molecule has 1 saturated heterocycles. The number of hydrogen-bond acceptors (Lipinski definition) is 4. The summed E-state index contributed by atoms with van der Waals surface area (Å²) in [5.74, 6) is 1.63. The largest absolute Gasteiger partial charge is 0.381 e. The maximum atomic E-state index is 11.6. The summed E-state index contributed by atoms with van der Waals surface area (Å²) < 4.78 is 11.1. The molecule has 1 heterocycles. The fraction of sp³-hybridized carbons (Fsp3) is 0.895. The Morgan fingerprint density at radius 1 is 1.15 bits per heavy atom. The molecule has 0 unspecified atom stereocenters. The van der Waals surface area contributed by atoms with Crippen LogP contribution >= 0.6 is 24.0 Å². The van der Waals surface area contributed by atoms with Gasteiger partial charge in [0.2, 0.25) is 5.91 Å². The molecule has 1 aliphatic heterocycles. The average Bonchev–Trinajstić information content (AvgIpc) is 3.46. The van der Waals surface area contributed by atoms with Crippen LogP contribution in [0.1, 0.15) is 51.9 Å². The summed E-state index contributed by atoms with van der Waals surface area (Å²) in [5, 5.41) is 9.57. The Morgan fingerprint density at radius 3 is 2.63 bits per heavy atom. The molecular weight excluding hydrogens is 459 g/mol. The third kappa shape index (κ3) is 12.5. The maximum absolute atomic E-state index is 11.6. The quantitative estimate of drug-likeness (QED) is 0.167. The molecule has 2 fully saturated rings. The van der Waals surface area contributed by atoms with E-state index in [4.69, 9.17) is 9.47 Å². The van der Waals surface area contributed by atoms with E-state index >= 15 is 0 Å². The number of guanidine groups is 1. The second-order valence-corrected chi connectivity index (χ2v) is 7.12. The molecule has 0 spiro atoms. The van der Waals surface area contributed by atoms with Crippen molar-refractivity contribution in [2.45, 2.75) is 57.9 Å². The fourth-order valence-electron chi connectivity index (χ4n) is 2.84. The van der Waals surface area contributed by atoms with Crippen LogP contribution in [0.5, 0.6) is 0 Å². The lowest BCUT2D eigenvalue weighted by Crippen LogP contribution is -2.38. The van der Waals surface area contributed by atoms with Crippen LogP contribution in [0.4, 0.5) is 0 Å². The van der Waals surface area contributed by atoms with Crippen molar-refractivity contribution < 1.29 is 14.3 Å². The minimum absolute atomic E-state index is 0. The van der Waals surface area contributed by atoms with E-state index in [1.807, 2.05) is 0 Å². The highest BCUT2D eigenvalue weighted by Crippen LogP contribution is 2.18. The van der Waals surface area contributed by atoms with Crippen LogP contribution in [0.25, 0.3) is 0 Å². The van der Waals surface area contributed by atoms with Crippen LogP contribution in [0, 0.1) is 5.92 Å². The zero-order valence-corrected chi connectivity index (χ0v) is 19.0. The Kier molecular flexibility index (Phi) is 13.9. The summed E-state index contributed by atoms with van der Waals surface area (Å²) in [7, 11) is 0. The number of amides is 1. The van der Waals surface area contributed by atoms with Gasteiger partial charge in [0.05, 0.1) is 0 Å². The second kappa shape index (κ2) is 15.3. The van der Waals surface area contributed by atoms with Gasteiger partial charge in [0, 0.05) is 58.5 Å². The van der Waals surface area contributed by atoms with Gasteiger partial charge in [0.25, 0.3) is 0 Å². The number of nitrogens with one attached hydrogen (secondary N) is 3. The normalized spacial score (nSPS) is 17.9. The average molecular weight is 496 g/mol. The van der Waals surface area contributed by atoms with Gasteiger partial charge < -0.3 is 25.4 Å². The van der Waals surface area contributed by atoms with Gasteiger partial charge in [-0.2, -0.15) is 0 Å². The number of nitrogens with zero attached hydrogens (tertiary/aromatic N) is 1. The highest BCUT2D eigenvalue weighted by Gasteiger charge is 2.22. The van der Waals surface area contributed by atoms with E-state index in [0.29, 0.717) is 24.9 Å². The van der Waals surface area contributed by atoms with Gasteiger partial charge in [-0.15, -0.1) is 24.0 Å². The molecule has 2 aliphatic rings. The molecule has 7 nitrogen and oxygen atoms in total. The van der Waals surface area contributed by atoms with E-state index in [9.17, 15) is 4.79 Å². The smallest absolute Gasteiger partial charge is 0.220 e. The first-order chi connectivity index (χ1) is 12.8. The summed E-state index contributed by atoms with van der Waals surface area (Å²) in [6.45, 7) is 7.74. The summed E-state index contributed by atoms with van der Waals surface area (Å²) in [4.78, 5) is 16.2. The summed E-state index contributed by atoms with van der Waals surface area (Å²) in [5.41, 5.74) is 0. The Balaban J connectivity index is 0.00000364. The van der Waals surface area contributed by atoms with Crippen LogP contribution < -0.4 is 16.0 Å². The monoisotopic (exact) mass is 496 g/mol. The summed E-state index contributed by atoms with van der Waals surface area (Å²) in [6, 6.07) is 0.443. The maximum Gasteiger partial charge on any atom is 0.220 e. The Labute approximate surface area is 180 Å². The predicted octanol–water partition coefficient (Wildman–Crippen LogP) is 2.05. The van der Waals surface area contributed by atoms with Crippen molar-refractivity contribution in [3.8, 4) is 0 Å². The van der Waals surface area contributed by atoms with Crippen molar-refractivity contribution in [3.05, 3.63) is 0 Å². The lowest BCUT2D eigenvalue weighted by molar-refractivity contribution is -0.121. The predicted molar refractivity (Wildman–Crippen MR) is 119 cm³/mol. The van der Waals surface area contributed by atoms with Gasteiger partial charge in [-0.1, -0.05) is 0 Å². The topological polar surface area (TPSA) is 84.0 Å². The van der Waals surface area contributed by atoms with E-state index in [2.05, 4.69) is 27.9 Å². The molecule has 8 heteroatoms. The molecule has 27 heavy (non-hydrogen) atoms. The first-order valence-electron chi connectivity index (χ1n) is 10.2. The van der Waals surface area contributed by atoms with Gasteiger partial charge in [-0.05, 0) is 51.4 Å². The standard InChI is InChI=1S/C19H36N4O3.HI/c1-2-20-19(21-10-3-5-18(24)23-17-6-7-17)22-11-4-12-26-15-16-8-13-25-14-9-16;/h16-17H,2-15H2,1H3,(H,23,24)(H2,20,21,22);1H. The van der Waals surface area contributed by atoms with Gasteiger partial charge in [-0.25, -0.2) is 0 Å². The molecule has 3 N–H and O–H groups in total. The summed E-state index contributed by atoms with van der Waals surface area (Å²) in [6.07, 6.45) is 6.80. The molecule has 0 aromatic heterocycles. The summed E-state index contributed by atoms with van der Waals surface area (Å²) >= 11 is 0. The van der Waals surface area contributed by atoms with Crippen LogP contribution in [0.2, 0.25) is 0 Å². The van der Waals surface area contributed by atoms with E-state index in [0.717, 1.165) is 84.0 Å². The molecule has 1 amide bonds. The van der Waals surface area contributed by atoms with Crippen LogP contribution in [0.3, 0.4) is 0 Å². The van der Waals surface area contributed by atoms with Gasteiger partial charge >= 0.3 is 0 Å². The van der Waals surface area contributed by atoms with Gasteiger partial charge in [0.15, 0.2) is 5.96 Å². The fourth-order valence-corrected chi connectivity index (χ4v) is 2.84. The van der Waals surface area contributed by atoms with Crippen molar-refractivity contribution in [2.75, 3.05) is 46.1 Å². The zero-order valence-electron chi connectivity index (χ0n) is 16.6. The lowest BCUT2D eigenvalue weighted by Gasteiger charge is -2.21. The van der Waals surface area contributed by atoms with Crippen molar-refractivity contribution in [3.63, 3.8) is 0 Å². The first kappa shape index (κ1) is 24.4. The molecule has 0 bridgehead atoms. The number of carbonyl (C=O) groups is 1. The lowest BCUT2D eigenvalue weighted by atomic mass is 10.0. The zero-order chi connectivity index (χ0) is 18.5. The highest BCUT2D eigenvalue weighted by molar-refractivity contribution is 14.0.